The van der Waals surface area contributed by atoms with Crippen molar-refractivity contribution in [3.05, 3.63) is 129 Å². The van der Waals surface area contributed by atoms with Crippen molar-refractivity contribution in [2.24, 2.45) is 0 Å². The number of rotatable bonds is 13. The molecule has 0 heterocycles. The summed E-state index contributed by atoms with van der Waals surface area (Å²) in [6.07, 6.45) is 0.896. The molecule has 1 atom stereocenters. The molecule has 0 aliphatic rings. The molecule has 0 aliphatic carbocycles. The van der Waals surface area contributed by atoms with Crippen molar-refractivity contribution in [2.75, 3.05) is 17.4 Å². The summed E-state index contributed by atoms with van der Waals surface area (Å²) in [5, 5.41) is 3.68. The Morgan fingerprint density at radius 1 is 0.795 bits per heavy atom. The minimum absolute atomic E-state index is 0.0157. The number of carbonyl (C=O) groups excluding carboxylic acids is 2. The molecule has 2 amide bonds. The van der Waals surface area contributed by atoms with Crippen molar-refractivity contribution in [1.29, 1.82) is 0 Å². The molecule has 0 aliphatic heterocycles. The van der Waals surface area contributed by atoms with E-state index in [0.717, 1.165) is 9.87 Å². The van der Waals surface area contributed by atoms with Crippen LogP contribution < -0.4 is 9.62 Å². The molecular weight excluding hydrogens is 641 g/mol. The zero-order valence-corrected chi connectivity index (χ0v) is 27.1. The van der Waals surface area contributed by atoms with Crippen molar-refractivity contribution in [1.82, 2.24) is 10.2 Å². The third-order valence-corrected chi connectivity index (χ3v) is 9.82. The zero-order valence-electron chi connectivity index (χ0n) is 24.0. The summed E-state index contributed by atoms with van der Waals surface area (Å²) in [6, 6.07) is 27.5. The molecule has 1 N–H and O–H groups in total. The summed E-state index contributed by atoms with van der Waals surface area (Å²) in [5.41, 5.74) is 1.58. The highest BCUT2D eigenvalue weighted by atomic mass is 35.5. The van der Waals surface area contributed by atoms with Crippen LogP contribution in [0, 0.1) is 0 Å². The standard InChI is InChI=1S/C33H32Cl3N3O4S/c1-2-19-37-33(41)31(20-24-11-5-3-6-12-24)38(22-25-13-9-10-16-28(25)34)32(40)23-39(26-17-18-29(35)30(36)21-26)44(42,43)27-14-7-4-8-15-27/h3-18,21,31H,2,19-20,22-23H2,1H3,(H,37,41). The van der Waals surface area contributed by atoms with Gasteiger partial charge in [-0.05, 0) is 53.9 Å². The minimum Gasteiger partial charge on any atom is -0.354 e. The highest BCUT2D eigenvalue weighted by Gasteiger charge is 2.35. The molecule has 4 rings (SSSR count). The predicted octanol–water partition coefficient (Wildman–Crippen LogP) is 7.01. The van der Waals surface area contributed by atoms with Crippen molar-refractivity contribution in [2.45, 2.75) is 37.2 Å². The third kappa shape index (κ3) is 8.33. The number of carbonyl (C=O) groups is 2. The number of hydrogen-bond acceptors (Lipinski definition) is 4. The molecule has 11 heteroatoms. The summed E-state index contributed by atoms with van der Waals surface area (Å²) in [4.78, 5) is 29.5. The van der Waals surface area contributed by atoms with Gasteiger partial charge in [-0.1, -0.05) is 108 Å². The van der Waals surface area contributed by atoms with Gasteiger partial charge in [-0.25, -0.2) is 8.42 Å². The monoisotopic (exact) mass is 671 g/mol. The van der Waals surface area contributed by atoms with Crippen LogP contribution in [0.25, 0.3) is 0 Å². The van der Waals surface area contributed by atoms with Gasteiger partial charge >= 0.3 is 0 Å². The average molecular weight is 673 g/mol. The number of anilines is 1. The first kappa shape index (κ1) is 33.3. The molecule has 230 valence electrons. The van der Waals surface area contributed by atoms with E-state index in [0.29, 0.717) is 23.6 Å². The molecule has 1 unspecified atom stereocenters. The molecular formula is C33H32Cl3N3O4S. The molecule has 0 aromatic heterocycles. The molecule has 0 saturated carbocycles. The Kier molecular flexibility index (Phi) is 11.7. The SMILES string of the molecule is CCCNC(=O)C(Cc1ccccc1)N(Cc1ccccc1Cl)C(=O)CN(c1ccc(Cl)c(Cl)c1)S(=O)(=O)c1ccccc1. The maximum Gasteiger partial charge on any atom is 0.264 e. The van der Waals surface area contributed by atoms with Crippen LogP contribution in [0.1, 0.15) is 24.5 Å². The van der Waals surface area contributed by atoms with Crippen LogP contribution >= 0.6 is 34.8 Å². The molecule has 0 radical (unpaired) electrons. The normalized spacial score (nSPS) is 11.9. The quantitative estimate of drug-likeness (QED) is 0.166. The lowest BCUT2D eigenvalue weighted by atomic mass is 10.0. The molecule has 0 fully saturated rings. The Morgan fingerprint density at radius 2 is 1.43 bits per heavy atom. The largest absolute Gasteiger partial charge is 0.354 e. The second-order valence-electron chi connectivity index (χ2n) is 10.0. The van der Waals surface area contributed by atoms with Crippen LogP contribution in [0.4, 0.5) is 5.69 Å². The van der Waals surface area contributed by atoms with Crippen LogP contribution in [0.15, 0.2) is 108 Å². The van der Waals surface area contributed by atoms with E-state index in [2.05, 4.69) is 5.32 Å². The summed E-state index contributed by atoms with van der Waals surface area (Å²) in [7, 11) is -4.25. The lowest BCUT2D eigenvalue weighted by molar-refractivity contribution is -0.140. The minimum atomic E-state index is -4.25. The van der Waals surface area contributed by atoms with Gasteiger partial charge in [0.2, 0.25) is 11.8 Å². The number of benzene rings is 4. The van der Waals surface area contributed by atoms with Gasteiger partial charge in [-0.3, -0.25) is 13.9 Å². The number of halogens is 3. The van der Waals surface area contributed by atoms with Gasteiger partial charge in [0.1, 0.15) is 12.6 Å². The van der Waals surface area contributed by atoms with Gasteiger partial charge in [-0.2, -0.15) is 0 Å². The van der Waals surface area contributed by atoms with Crippen LogP contribution in [-0.2, 0) is 32.6 Å². The Labute approximate surface area is 273 Å². The van der Waals surface area contributed by atoms with Crippen molar-refractivity contribution in [3.63, 3.8) is 0 Å². The van der Waals surface area contributed by atoms with Crippen LogP contribution in [0.3, 0.4) is 0 Å². The molecule has 4 aromatic carbocycles. The summed E-state index contributed by atoms with van der Waals surface area (Å²) >= 11 is 18.9. The number of amides is 2. The van der Waals surface area contributed by atoms with Gasteiger partial charge in [0, 0.05) is 24.5 Å². The van der Waals surface area contributed by atoms with Gasteiger partial charge < -0.3 is 10.2 Å². The summed E-state index contributed by atoms with van der Waals surface area (Å²) in [5.74, 6) is -0.966. The summed E-state index contributed by atoms with van der Waals surface area (Å²) in [6.45, 7) is 1.70. The molecule has 0 saturated heterocycles. The number of sulfonamides is 1. The van der Waals surface area contributed by atoms with E-state index < -0.39 is 28.5 Å². The Bertz CT molecular complexity index is 1690. The highest BCUT2D eigenvalue weighted by Crippen LogP contribution is 2.31. The predicted molar refractivity (Wildman–Crippen MR) is 177 cm³/mol. The van der Waals surface area contributed by atoms with E-state index in [9.17, 15) is 18.0 Å². The average Bonchev–Trinajstić information content (AvgIpc) is 3.03. The van der Waals surface area contributed by atoms with Gasteiger partial charge in [-0.15, -0.1) is 0 Å². The van der Waals surface area contributed by atoms with Gasteiger partial charge in [0.05, 0.1) is 20.6 Å². The smallest absolute Gasteiger partial charge is 0.264 e. The van der Waals surface area contributed by atoms with Crippen LogP contribution in [0.5, 0.6) is 0 Å². The summed E-state index contributed by atoms with van der Waals surface area (Å²) < 4.78 is 29.0. The first-order valence-electron chi connectivity index (χ1n) is 14.0. The molecule has 7 nitrogen and oxygen atoms in total. The maximum atomic E-state index is 14.4. The van der Waals surface area contributed by atoms with E-state index in [1.54, 1.807) is 42.5 Å². The molecule has 4 aromatic rings. The zero-order chi connectivity index (χ0) is 31.7. The van der Waals surface area contributed by atoms with Crippen molar-refractivity contribution >= 4 is 62.3 Å². The molecule has 0 bridgehead atoms. The van der Waals surface area contributed by atoms with Crippen molar-refractivity contribution in [3.8, 4) is 0 Å². The Hall–Kier alpha value is -3.56. The fourth-order valence-electron chi connectivity index (χ4n) is 4.62. The van der Waals surface area contributed by atoms with Crippen LogP contribution in [0.2, 0.25) is 15.1 Å². The van der Waals surface area contributed by atoms with E-state index in [-0.39, 0.29) is 39.5 Å². The second-order valence-corrected chi connectivity index (χ2v) is 13.1. The van der Waals surface area contributed by atoms with Gasteiger partial charge in [0.25, 0.3) is 10.0 Å². The maximum absolute atomic E-state index is 14.4. The number of hydrogen-bond donors (Lipinski definition) is 1. The fourth-order valence-corrected chi connectivity index (χ4v) is 6.53. The third-order valence-electron chi connectivity index (χ3n) is 6.92. The Balaban J connectivity index is 1.81. The second kappa shape index (κ2) is 15.4. The van der Waals surface area contributed by atoms with E-state index in [4.69, 9.17) is 34.8 Å². The van der Waals surface area contributed by atoms with E-state index in [1.807, 2.05) is 37.3 Å². The van der Waals surface area contributed by atoms with Crippen molar-refractivity contribution < 1.29 is 18.0 Å². The fraction of sp³-hybridized carbons (Fsp3) is 0.212. The molecule has 0 spiro atoms. The first-order valence-corrected chi connectivity index (χ1v) is 16.6. The number of nitrogens with one attached hydrogen (secondary N) is 1. The molecule has 44 heavy (non-hydrogen) atoms. The topological polar surface area (TPSA) is 86.8 Å². The van der Waals surface area contributed by atoms with Gasteiger partial charge in [0.15, 0.2) is 0 Å². The van der Waals surface area contributed by atoms with E-state index >= 15 is 0 Å². The van der Waals surface area contributed by atoms with E-state index in [1.165, 1.54) is 35.2 Å². The first-order chi connectivity index (χ1) is 21.1. The lowest BCUT2D eigenvalue weighted by Gasteiger charge is -2.34. The highest BCUT2D eigenvalue weighted by molar-refractivity contribution is 7.92. The van der Waals surface area contributed by atoms with Crippen LogP contribution in [-0.4, -0.2) is 44.3 Å². The Morgan fingerprint density at radius 3 is 2.07 bits per heavy atom. The number of nitrogens with zero attached hydrogens (tertiary/aromatic N) is 2. The lowest BCUT2D eigenvalue weighted by Crippen LogP contribution is -2.53.